The van der Waals surface area contributed by atoms with Crippen LogP contribution in [0.3, 0.4) is 0 Å². The molecule has 1 aliphatic heterocycles. The maximum Gasteiger partial charge on any atom is 0.242 e. The molecule has 7 heteroatoms. The standard InChI is InChI=1S/C12H18ClN3O2S/c1-16-6-2-3-10(8-16)15-19(17,18)12-7-9(14)4-5-11(12)13/h4-5,7,10,15H,2-3,6,8,14H2,1H3. The molecule has 19 heavy (non-hydrogen) atoms. The number of nitrogens with zero attached hydrogens (tertiary/aromatic N) is 1. The number of rotatable bonds is 3. The van der Waals surface area contributed by atoms with Gasteiger partial charge in [-0.05, 0) is 44.6 Å². The number of likely N-dealkylation sites (tertiary alicyclic amines) is 1. The number of nitrogens with two attached hydrogens (primary N) is 1. The molecule has 0 spiro atoms. The van der Waals surface area contributed by atoms with E-state index in [1.807, 2.05) is 7.05 Å². The number of likely N-dealkylation sites (N-methyl/N-ethyl adjacent to an activating group) is 1. The van der Waals surface area contributed by atoms with Crippen molar-refractivity contribution in [3.8, 4) is 0 Å². The van der Waals surface area contributed by atoms with E-state index in [4.69, 9.17) is 17.3 Å². The average Bonchev–Trinajstić information content (AvgIpc) is 2.31. The molecule has 0 amide bonds. The van der Waals surface area contributed by atoms with Gasteiger partial charge in [-0.15, -0.1) is 0 Å². The van der Waals surface area contributed by atoms with Crippen LogP contribution in [0.15, 0.2) is 23.1 Å². The van der Waals surface area contributed by atoms with Gasteiger partial charge >= 0.3 is 0 Å². The van der Waals surface area contributed by atoms with Crippen molar-refractivity contribution in [1.82, 2.24) is 9.62 Å². The Labute approximate surface area is 118 Å². The molecule has 1 aromatic rings. The van der Waals surface area contributed by atoms with Gasteiger partial charge in [-0.25, -0.2) is 13.1 Å². The van der Waals surface area contributed by atoms with E-state index in [9.17, 15) is 8.42 Å². The van der Waals surface area contributed by atoms with Crippen molar-refractivity contribution in [3.05, 3.63) is 23.2 Å². The maximum absolute atomic E-state index is 12.3. The lowest BCUT2D eigenvalue weighted by atomic mass is 10.1. The fourth-order valence-electron chi connectivity index (χ4n) is 2.27. The molecule has 5 nitrogen and oxygen atoms in total. The minimum atomic E-state index is -3.63. The van der Waals surface area contributed by atoms with Gasteiger partial charge in [-0.3, -0.25) is 0 Å². The van der Waals surface area contributed by atoms with E-state index in [2.05, 4.69) is 9.62 Å². The van der Waals surface area contributed by atoms with E-state index in [1.165, 1.54) is 12.1 Å². The second kappa shape index (κ2) is 5.66. The van der Waals surface area contributed by atoms with Crippen LogP contribution in [0.2, 0.25) is 5.02 Å². The highest BCUT2D eigenvalue weighted by molar-refractivity contribution is 7.89. The van der Waals surface area contributed by atoms with Crippen molar-refractivity contribution in [3.63, 3.8) is 0 Å². The SMILES string of the molecule is CN1CCCC(NS(=O)(=O)c2cc(N)ccc2Cl)C1. The van der Waals surface area contributed by atoms with Crippen LogP contribution in [0.25, 0.3) is 0 Å². The predicted molar refractivity (Wildman–Crippen MR) is 76.7 cm³/mol. The summed E-state index contributed by atoms with van der Waals surface area (Å²) in [4.78, 5) is 2.15. The summed E-state index contributed by atoms with van der Waals surface area (Å²) < 4.78 is 27.3. The molecule has 1 heterocycles. The van der Waals surface area contributed by atoms with Crippen molar-refractivity contribution >= 4 is 27.3 Å². The molecule has 1 aromatic carbocycles. The summed E-state index contributed by atoms with van der Waals surface area (Å²) in [6.45, 7) is 1.70. The predicted octanol–water partition coefficient (Wildman–Crippen LogP) is 1.29. The molecule has 1 atom stereocenters. The fourth-order valence-corrected chi connectivity index (χ4v) is 4.07. The van der Waals surface area contributed by atoms with Gasteiger partial charge in [0.05, 0.1) is 5.02 Å². The van der Waals surface area contributed by atoms with E-state index in [1.54, 1.807) is 6.07 Å². The normalized spacial score (nSPS) is 21.5. The number of hydrogen-bond donors (Lipinski definition) is 2. The van der Waals surface area contributed by atoms with Gasteiger partial charge in [0.1, 0.15) is 4.90 Å². The summed E-state index contributed by atoms with van der Waals surface area (Å²) in [5, 5.41) is 0.186. The summed E-state index contributed by atoms with van der Waals surface area (Å²) >= 11 is 5.94. The first-order chi connectivity index (χ1) is 8.88. The molecule has 1 fully saturated rings. The molecule has 106 valence electrons. The quantitative estimate of drug-likeness (QED) is 0.825. The van der Waals surface area contributed by atoms with Crippen LogP contribution in [-0.4, -0.2) is 39.5 Å². The van der Waals surface area contributed by atoms with Gasteiger partial charge in [-0.1, -0.05) is 11.6 Å². The third-order valence-corrected chi connectivity index (χ3v) is 5.19. The third kappa shape index (κ3) is 3.60. The summed E-state index contributed by atoms with van der Waals surface area (Å²) in [7, 11) is -1.65. The minimum absolute atomic E-state index is 0.0439. The largest absolute Gasteiger partial charge is 0.399 e. The van der Waals surface area contributed by atoms with Crippen LogP contribution in [0.1, 0.15) is 12.8 Å². The van der Waals surface area contributed by atoms with Crippen LogP contribution >= 0.6 is 11.6 Å². The monoisotopic (exact) mass is 303 g/mol. The van der Waals surface area contributed by atoms with Crippen LogP contribution in [0, 0.1) is 0 Å². The van der Waals surface area contributed by atoms with Crippen molar-refractivity contribution < 1.29 is 8.42 Å². The second-order valence-corrected chi connectivity index (χ2v) is 7.00. The molecular formula is C12H18ClN3O2S. The van der Waals surface area contributed by atoms with Crippen LogP contribution < -0.4 is 10.5 Å². The zero-order chi connectivity index (χ0) is 14.0. The maximum atomic E-state index is 12.3. The first-order valence-electron chi connectivity index (χ1n) is 6.14. The van der Waals surface area contributed by atoms with Gasteiger partial charge < -0.3 is 10.6 Å². The molecule has 0 aromatic heterocycles. The smallest absolute Gasteiger partial charge is 0.242 e. The fraction of sp³-hybridized carbons (Fsp3) is 0.500. The third-order valence-electron chi connectivity index (χ3n) is 3.19. The molecule has 2 rings (SSSR count). The number of sulfonamides is 1. The van der Waals surface area contributed by atoms with Gasteiger partial charge in [0.2, 0.25) is 10.0 Å². The molecule has 1 unspecified atom stereocenters. The lowest BCUT2D eigenvalue weighted by Gasteiger charge is -2.30. The van der Waals surface area contributed by atoms with Gasteiger partial charge in [-0.2, -0.15) is 0 Å². The highest BCUT2D eigenvalue weighted by Crippen LogP contribution is 2.24. The Bertz CT molecular complexity index is 562. The van der Waals surface area contributed by atoms with Crippen LogP contribution in [-0.2, 0) is 10.0 Å². The van der Waals surface area contributed by atoms with Crippen molar-refractivity contribution in [2.75, 3.05) is 25.9 Å². The van der Waals surface area contributed by atoms with Gasteiger partial charge in [0, 0.05) is 18.3 Å². The van der Waals surface area contributed by atoms with Crippen LogP contribution in [0.4, 0.5) is 5.69 Å². The van der Waals surface area contributed by atoms with E-state index < -0.39 is 10.0 Å². The Morgan fingerprint density at radius 3 is 2.89 bits per heavy atom. The number of benzene rings is 1. The number of anilines is 1. The van der Waals surface area contributed by atoms with E-state index in [0.29, 0.717) is 12.2 Å². The van der Waals surface area contributed by atoms with Crippen molar-refractivity contribution in [2.24, 2.45) is 0 Å². The Kier molecular flexibility index (Phi) is 4.35. The molecule has 3 N–H and O–H groups in total. The highest BCUT2D eigenvalue weighted by atomic mass is 35.5. The average molecular weight is 304 g/mol. The Morgan fingerprint density at radius 1 is 1.47 bits per heavy atom. The minimum Gasteiger partial charge on any atom is -0.399 e. The van der Waals surface area contributed by atoms with E-state index in [0.717, 1.165) is 19.4 Å². The Balaban J connectivity index is 2.20. The Morgan fingerprint density at radius 2 is 2.21 bits per heavy atom. The molecule has 0 saturated carbocycles. The number of piperidine rings is 1. The van der Waals surface area contributed by atoms with Crippen LogP contribution in [0.5, 0.6) is 0 Å². The second-order valence-electron chi connectivity index (χ2n) is 4.91. The highest BCUT2D eigenvalue weighted by Gasteiger charge is 2.25. The van der Waals surface area contributed by atoms with Crippen molar-refractivity contribution in [2.45, 2.75) is 23.8 Å². The lowest BCUT2D eigenvalue weighted by molar-refractivity contribution is 0.242. The lowest BCUT2D eigenvalue weighted by Crippen LogP contribution is -2.46. The zero-order valence-corrected chi connectivity index (χ0v) is 12.3. The number of nitrogen functional groups attached to an aromatic ring is 1. The summed E-state index contributed by atoms with van der Waals surface area (Å²) in [5.74, 6) is 0. The first-order valence-corrected chi connectivity index (χ1v) is 8.00. The van der Waals surface area contributed by atoms with E-state index in [-0.39, 0.29) is 16.0 Å². The summed E-state index contributed by atoms with van der Waals surface area (Å²) in [6, 6.07) is 4.38. The van der Waals surface area contributed by atoms with Crippen molar-refractivity contribution in [1.29, 1.82) is 0 Å². The van der Waals surface area contributed by atoms with E-state index >= 15 is 0 Å². The molecule has 1 aliphatic rings. The summed E-state index contributed by atoms with van der Waals surface area (Å²) in [6.07, 6.45) is 1.82. The molecular weight excluding hydrogens is 286 g/mol. The topological polar surface area (TPSA) is 75.4 Å². The van der Waals surface area contributed by atoms with Gasteiger partial charge in [0.15, 0.2) is 0 Å². The first kappa shape index (κ1) is 14.6. The number of hydrogen-bond acceptors (Lipinski definition) is 4. The molecule has 0 bridgehead atoms. The Hall–Kier alpha value is -0.820. The zero-order valence-electron chi connectivity index (χ0n) is 10.8. The number of nitrogens with one attached hydrogen (secondary N) is 1. The summed E-state index contributed by atoms with van der Waals surface area (Å²) in [5.41, 5.74) is 6.00. The number of halogens is 1. The van der Waals surface area contributed by atoms with Gasteiger partial charge in [0.25, 0.3) is 0 Å². The molecule has 1 saturated heterocycles. The molecule has 0 radical (unpaired) electrons. The molecule has 0 aliphatic carbocycles.